The summed E-state index contributed by atoms with van der Waals surface area (Å²) in [6.07, 6.45) is 1.45. The molecular formula is C14H16N2O3S2. The first-order chi connectivity index (χ1) is 10.1. The molecule has 1 aliphatic rings. The lowest BCUT2D eigenvalue weighted by Gasteiger charge is -2.19. The minimum Gasteiger partial charge on any atom is -0.344 e. The number of thiophene rings is 1. The highest BCUT2D eigenvalue weighted by molar-refractivity contribution is 7.89. The second-order valence-electron chi connectivity index (χ2n) is 5.00. The van der Waals surface area contributed by atoms with Crippen LogP contribution in [0, 0.1) is 0 Å². The predicted molar refractivity (Wildman–Crippen MR) is 82.8 cm³/mol. The molecule has 112 valence electrons. The van der Waals surface area contributed by atoms with E-state index in [0.717, 1.165) is 16.5 Å². The van der Waals surface area contributed by atoms with E-state index >= 15 is 0 Å². The SMILES string of the molecule is O=CN1CCCN(S(=O)(=O)c2csc3ccccc23)CC1. The number of hydrogen-bond donors (Lipinski definition) is 0. The van der Waals surface area contributed by atoms with Crippen molar-refractivity contribution in [1.29, 1.82) is 0 Å². The van der Waals surface area contributed by atoms with Gasteiger partial charge in [0.15, 0.2) is 0 Å². The van der Waals surface area contributed by atoms with Gasteiger partial charge in [-0.05, 0) is 12.5 Å². The van der Waals surface area contributed by atoms with Gasteiger partial charge in [0.2, 0.25) is 16.4 Å². The van der Waals surface area contributed by atoms with Gasteiger partial charge in [0, 0.05) is 41.6 Å². The van der Waals surface area contributed by atoms with E-state index in [1.54, 1.807) is 10.3 Å². The molecule has 0 unspecified atom stereocenters. The summed E-state index contributed by atoms with van der Waals surface area (Å²) < 4.78 is 28.1. The van der Waals surface area contributed by atoms with Crippen LogP contribution in [0.2, 0.25) is 0 Å². The number of sulfonamides is 1. The highest BCUT2D eigenvalue weighted by Crippen LogP contribution is 2.31. The topological polar surface area (TPSA) is 57.7 Å². The second-order valence-corrected chi connectivity index (χ2v) is 7.81. The van der Waals surface area contributed by atoms with Gasteiger partial charge in [0.1, 0.15) is 4.90 Å². The number of hydrogen-bond acceptors (Lipinski definition) is 4. The summed E-state index contributed by atoms with van der Waals surface area (Å²) in [6.45, 7) is 1.87. The Morgan fingerprint density at radius 3 is 2.71 bits per heavy atom. The average Bonchev–Trinajstić information content (AvgIpc) is 2.77. The molecule has 7 heteroatoms. The number of carbonyl (C=O) groups excluding carboxylic acids is 1. The van der Waals surface area contributed by atoms with E-state index in [4.69, 9.17) is 0 Å². The summed E-state index contributed by atoms with van der Waals surface area (Å²) in [6, 6.07) is 7.53. The van der Waals surface area contributed by atoms with Crippen LogP contribution in [0.15, 0.2) is 34.5 Å². The van der Waals surface area contributed by atoms with Gasteiger partial charge in [-0.25, -0.2) is 8.42 Å². The molecule has 0 atom stereocenters. The summed E-state index contributed by atoms with van der Waals surface area (Å²) in [5, 5.41) is 2.49. The van der Waals surface area contributed by atoms with Crippen LogP contribution in [-0.4, -0.2) is 50.2 Å². The van der Waals surface area contributed by atoms with Gasteiger partial charge in [-0.1, -0.05) is 18.2 Å². The van der Waals surface area contributed by atoms with E-state index in [-0.39, 0.29) is 0 Å². The fraction of sp³-hybridized carbons (Fsp3) is 0.357. The van der Waals surface area contributed by atoms with Gasteiger partial charge in [0.25, 0.3) is 0 Å². The minimum absolute atomic E-state index is 0.352. The molecule has 2 heterocycles. The average molecular weight is 324 g/mol. The molecule has 0 radical (unpaired) electrons. The van der Waals surface area contributed by atoms with Crippen LogP contribution in [0.1, 0.15) is 6.42 Å². The van der Waals surface area contributed by atoms with Crippen molar-refractivity contribution in [2.45, 2.75) is 11.3 Å². The maximum Gasteiger partial charge on any atom is 0.244 e. The summed E-state index contributed by atoms with van der Waals surface area (Å²) >= 11 is 1.44. The van der Waals surface area contributed by atoms with E-state index in [1.807, 2.05) is 24.3 Å². The Morgan fingerprint density at radius 2 is 1.90 bits per heavy atom. The smallest absolute Gasteiger partial charge is 0.244 e. The fourth-order valence-corrected chi connectivity index (χ4v) is 5.50. The van der Waals surface area contributed by atoms with Crippen LogP contribution in [0.4, 0.5) is 0 Å². The predicted octanol–water partition coefficient (Wildman–Crippen LogP) is 1.75. The van der Waals surface area contributed by atoms with Crippen LogP contribution >= 0.6 is 11.3 Å². The van der Waals surface area contributed by atoms with Crippen LogP contribution in [0.5, 0.6) is 0 Å². The first kappa shape index (κ1) is 14.5. The molecular weight excluding hydrogens is 308 g/mol. The lowest BCUT2D eigenvalue weighted by molar-refractivity contribution is -0.118. The quantitative estimate of drug-likeness (QED) is 0.808. The van der Waals surface area contributed by atoms with Crippen LogP contribution < -0.4 is 0 Å². The van der Waals surface area contributed by atoms with Gasteiger partial charge in [-0.2, -0.15) is 4.31 Å². The fourth-order valence-electron chi connectivity index (χ4n) is 2.55. The maximum absolute atomic E-state index is 12.8. The Balaban J connectivity index is 1.95. The number of amides is 1. The van der Waals surface area contributed by atoms with Crippen molar-refractivity contribution in [2.24, 2.45) is 0 Å². The van der Waals surface area contributed by atoms with Crippen LogP contribution in [-0.2, 0) is 14.8 Å². The number of nitrogens with zero attached hydrogens (tertiary/aromatic N) is 2. The summed E-state index contributed by atoms with van der Waals surface area (Å²) in [7, 11) is -3.50. The highest BCUT2D eigenvalue weighted by Gasteiger charge is 2.28. The molecule has 0 spiro atoms. The van der Waals surface area contributed by atoms with Gasteiger partial charge >= 0.3 is 0 Å². The van der Waals surface area contributed by atoms with E-state index in [0.29, 0.717) is 37.5 Å². The first-order valence-corrected chi connectivity index (χ1v) is 9.10. The van der Waals surface area contributed by atoms with Crippen molar-refractivity contribution in [1.82, 2.24) is 9.21 Å². The van der Waals surface area contributed by atoms with Crippen molar-refractivity contribution in [3.63, 3.8) is 0 Å². The molecule has 1 saturated heterocycles. The Labute approximate surface area is 127 Å². The molecule has 1 amide bonds. The molecule has 0 bridgehead atoms. The minimum atomic E-state index is -3.50. The Hall–Kier alpha value is -1.44. The van der Waals surface area contributed by atoms with Crippen LogP contribution in [0.25, 0.3) is 10.1 Å². The lowest BCUT2D eigenvalue weighted by Crippen LogP contribution is -2.34. The summed E-state index contributed by atoms with van der Waals surface area (Å²) in [5.41, 5.74) is 0. The third-order valence-corrected chi connectivity index (χ3v) is 6.75. The molecule has 1 aromatic heterocycles. The van der Waals surface area contributed by atoms with E-state index < -0.39 is 10.0 Å². The summed E-state index contributed by atoms with van der Waals surface area (Å²) in [4.78, 5) is 12.8. The molecule has 21 heavy (non-hydrogen) atoms. The molecule has 0 aliphatic carbocycles. The van der Waals surface area contributed by atoms with Crippen molar-refractivity contribution in [2.75, 3.05) is 26.2 Å². The van der Waals surface area contributed by atoms with E-state index in [9.17, 15) is 13.2 Å². The third-order valence-electron chi connectivity index (χ3n) is 3.70. The second kappa shape index (κ2) is 5.75. The number of rotatable bonds is 3. The Morgan fingerprint density at radius 1 is 1.10 bits per heavy atom. The van der Waals surface area contributed by atoms with Crippen molar-refractivity contribution in [3.05, 3.63) is 29.6 Å². The number of benzene rings is 1. The molecule has 1 fully saturated rings. The molecule has 3 rings (SSSR count). The monoisotopic (exact) mass is 324 g/mol. The van der Waals surface area contributed by atoms with Gasteiger partial charge in [0.05, 0.1) is 0 Å². The number of carbonyl (C=O) groups is 1. The number of fused-ring (bicyclic) bond motifs is 1. The Kier molecular flexibility index (Phi) is 3.97. The highest BCUT2D eigenvalue weighted by atomic mass is 32.2. The standard InChI is InChI=1S/C14H16N2O3S2/c17-11-15-6-3-7-16(9-8-15)21(18,19)14-10-20-13-5-2-1-4-12(13)14/h1-2,4-5,10-11H,3,6-9H2. The van der Waals surface area contributed by atoms with Gasteiger partial charge < -0.3 is 4.90 Å². The van der Waals surface area contributed by atoms with E-state index in [1.165, 1.54) is 15.6 Å². The Bertz CT molecular complexity index is 754. The van der Waals surface area contributed by atoms with Gasteiger partial charge in [-0.3, -0.25) is 4.79 Å². The van der Waals surface area contributed by atoms with Crippen molar-refractivity contribution < 1.29 is 13.2 Å². The zero-order valence-electron chi connectivity index (χ0n) is 11.4. The lowest BCUT2D eigenvalue weighted by atomic mass is 10.3. The molecule has 1 aromatic carbocycles. The molecule has 0 N–H and O–H groups in total. The van der Waals surface area contributed by atoms with E-state index in [2.05, 4.69) is 0 Å². The zero-order chi connectivity index (χ0) is 14.9. The first-order valence-electron chi connectivity index (χ1n) is 6.78. The molecule has 5 nitrogen and oxygen atoms in total. The van der Waals surface area contributed by atoms with Crippen LogP contribution in [0.3, 0.4) is 0 Å². The largest absolute Gasteiger partial charge is 0.344 e. The molecule has 1 aliphatic heterocycles. The summed E-state index contributed by atoms with van der Waals surface area (Å²) in [5.74, 6) is 0. The maximum atomic E-state index is 12.8. The molecule has 2 aromatic rings. The zero-order valence-corrected chi connectivity index (χ0v) is 13.1. The van der Waals surface area contributed by atoms with Gasteiger partial charge in [-0.15, -0.1) is 11.3 Å². The molecule has 0 saturated carbocycles. The normalized spacial score (nSPS) is 17.8. The third kappa shape index (κ3) is 2.68. The van der Waals surface area contributed by atoms with Crippen molar-refractivity contribution >= 4 is 37.9 Å². The van der Waals surface area contributed by atoms with Crippen molar-refractivity contribution in [3.8, 4) is 0 Å².